The first-order chi connectivity index (χ1) is 12.4. The zero-order chi connectivity index (χ0) is 19.1. The molecule has 0 unspecified atom stereocenters. The molecule has 140 valence electrons. The summed E-state index contributed by atoms with van der Waals surface area (Å²) in [5.41, 5.74) is 0.707. The monoisotopic (exact) mass is 417 g/mol. The highest BCUT2D eigenvalue weighted by Gasteiger charge is 2.27. The Morgan fingerprint density at radius 1 is 1.31 bits per heavy atom. The Kier molecular flexibility index (Phi) is 7.81. The van der Waals surface area contributed by atoms with Crippen LogP contribution in [0.4, 0.5) is 0 Å². The fourth-order valence-electron chi connectivity index (χ4n) is 2.20. The van der Waals surface area contributed by atoms with Crippen molar-refractivity contribution in [2.45, 2.75) is 12.8 Å². The van der Waals surface area contributed by atoms with Crippen LogP contribution in [0.5, 0.6) is 0 Å². The van der Waals surface area contributed by atoms with Gasteiger partial charge in [-0.25, -0.2) is 4.79 Å². The van der Waals surface area contributed by atoms with Gasteiger partial charge in [-0.3, -0.25) is 9.59 Å². The molecule has 1 heterocycles. The molecule has 1 aliphatic heterocycles. The van der Waals surface area contributed by atoms with Crippen molar-refractivity contribution in [1.29, 1.82) is 0 Å². The Hall–Kier alpha value is -1.70. The Bertz CT molecular complexity index is 738. The normalized spacial score (nSPS) is 15.4. The van der Waals surface area contributed by atoms with Crippen molar-refractivity contribution in [3.63, 3.8) is 0 Å². The van der Waals surface area contributed by atoms with Gasteiger partial charge in [0.1, 0.15) is 0 Å². The Labute approximate surface area is 165 Å². The van der Waals surface area contributed by atoms with Crippen LogP contribution >= 0.6 is 35.0 Å². The number of halogens is 2. The van der Waals surface area contributed by atoms with Crippen molar-refractivity contribution < 1.29 is 23.9 Å². The molecule has 0 spiro atoms. The van der Waals surface area contributed by atoms with E-state index in [-0.39, 0.29) is 24.7 Å². The number of rotatable bonds is 7. The van der Waals surface area contributed by atoms with Crippen LogP contribution < -0.4 is 0 Å². The molecule has 26 heavy (non-hydrogen) atoms. The van der Waals surface area contributed by atoms with E-state index in [9.17, 15) is 14.4 Å². The van der Waals surface area contributed by atoms with Crippen LogP contribution in [-0.2, 0) is 30.3 Å². The summed E-state index contributed by atoms with van der Waals surface area (Å²) in [6.07, 6.45) is 1.83. The van der Waals surface area contributed by atoms with Crippen LogP contribution in [0.25, 0.3) is 0 Å². The van der Waals surface area contributed by atoms with Crippen LogP contribution in [-0.4, -0.2) is 48.8 Å². The van der Waals surface area contributed by atoms with Crippen molar-refractivity contribution in [2.75, 3.05) is 26.0 Å². The second-order valence-electron chi connectivity index (χ2n) is 5.34. The summed E-state index contributed by atoms with van der Waals surface area (Å²) >= 11 is 13.0. The molecule has 9 heteroatoms. The van der Waals surface area contributed by atoms with E-state index < -0.39 is 11.9 Å². The number of methoxy groups -OCH3 is 1. The zero-order valence-electron chi connectivity index (χ0n) is 14.0. The van der Waals surface area contributed by atoms with Crippen molar-refractivity contribution in [1.82, 2.24) is 4.90 Å². The van der Waals surface area contributed by atoms with E-state index in [0.717, 1.165) is 0 Å². The van der Waals surface area contributed by atoms with Gasteiger partial charge in [0.2, 0.25) is 5.91 Å². The standard InChI is InChI=1S/C17H17Cl2NO5S/c1-24-16(22)9-15-20(14(21)10-26-15)5-2-6-25-17(23)8-11-3-4-12(18)13(19)7-11/h3-4,7,9H,2,5-6,8,10H2,1H3/b15-9+. The van der Waals surface area contributed by atoms with Gasteiger partial charge in [0.15, 0.2) is 0 Å². The minimum atomic E-state index is -0.514. The highest BCUT2D eigenvalue weighted by Crippen LogP contribution is 2.28. The largest absolute Gasteiger partial charge is 0.466 e. The Morgan fingerprint density at radius 3 is 2.77 bits per heavy atom. The van der Waals surface area contributed by atoms with Crippen LogP contribution in [0, 0.1) is 0 Å². The first-order valence-corrected chi connectivity index (χ1v) is 9.47. The van der Waals surface area contributed by atoms with E-state index in [1.165, 1.54) is 29.8 Å². The van der Waals surface area contributed by atoms with Gasteiger partial charge in [0.05, 0.1) is 47.0 Å². The van der Waals surface area contributed by atoms with E-state index in [2.05, 4.69) is 4.74 Å². The predicted octanol–water partition coefficient (Wildman–Crippen LogP) is 3.06. The second-order valence-corrected chi connectivity index (χ2v) is 7.15. The maximum Gasteiger partial charge on any atom is 0.333 e. The molecular formula is C17H17Cl2NO5S. The summed E-state index contributed by atoms with van der Waals surface area (Å²) in [6.45, 7) is 0.523. The molecule has 0 saturated carbocycles. The number of carbonyl (C=O) groups is 3. The lowest BCUT2D eigenvalue weighted by Crippen LogP contribution is -2.27. The van der Waals surface area contributed by atoms with Gasteiger partial charge in [-0.2, -0.15) is 0 Å². The number of thioether (sulfide) groups is 1. The molecule has 0 atom stereocenters. The fraction of sp³-hybridized carbons (Fsp3) is 0.353. The topological polar surface area (TPSA) is 72.9 Å². The smallest absolute Gasteiger partial charge is 0.333 e. The number of hydrogen-bond acceptors (Lipinski definition) is 6. The number of carbonyl (C=O) groups excluding carboxylic acids is 3. The summed E-state index contributed by atoms with van der Waals surface area (Å²) in [6, 6.07) is 4.95. The minimum absolute atomic E-state index is 0.0862. The van der Waals surface area contributed by atoms with Gasteiger partial charge < -0.3 is 14.4 Å². The maximum absolute atomic E-state index is 11.9. The summed E-state index contributed by atoms with van der Waals surface area (Å²) in [5, 5.41) is 1.35. The number of nitrogens with zero attached hydrogens (tertiary/aromatic N) is 1. The van der Waals surface area contributed by atoms with Gasteiger partial charge in [0.25, 0.3) is 0 Å². The molecule has 1 amide bonds. The lowest BCUT2D eigenvalue weighted by atomic mass is 10.1. The van der Waals surface area contributed by atoms with E-state index in [1.807, 2.05) is 0 Å². The van der Waals surface area contributed by atoms with Crippen molar-refractivity contribution >= 4 is 52.8 Å². The van der Waals surface area contributed by atoms with Gasteiger partial charge >= 0.3 is 11.9 Å². The van der Waals surface area contributed by atoms with E-state index >= 15 is 0 Å². The molecule has 0 bridgehead atoms. The summed E-state index contributed by atoms with van der Waals surface area (Å²) < 4.78 is 9.75. The van der Waals surface area contributed by atoms with Gasteiger partial charge in [-0.05, 0) is 24.1 Å². The van der Waals surface area contributed by atoms with Crippen LogP contribution in [0.3, 0.4) is 0 Å². The van der Waals surface area contributed by atoms with E-state index in [4.69, 9.17) is 27.9 Å². The van der Waals surface area contributed by atoms with Crippen LogP contribution in [0.2, 0.25) is 10.0 Å². The first kappa shape index (κ1) is 20.6. The average Bonchev–Trinajstić information content (AvgIpc) is 2.94. The van der Waals surface area contributed by atoms with Crippen LogP contribution in [0.1, 0.15) is 12.0 Å². The van der Waals surface area contributed by atoms with Gasteiger partial charge in [-0.1, -0.05) is 41.0 Å². The van der Waals surface area contributed by atoms with E-state index in [0.29, 0.717) is 33.6 Å². The molecule has 0 aliphatic carbocycles. The third-order valence-corrected chi connectivity index (χ3v) is 5.24. The number of esters is 2. The number of ether oxygens (including phenoxy) is 2. The molecular weight excluding hydrogens is 401 g/mol. The third-order valence-electron chi connectivity index (χ3n) is 3.47. The van der Waals surface area contributed by atoms with Crippen LogP contribution in [0.15, 0.2) is 29.3 Å². The molecule has 1 aliphatic rings. The lowest BCUT2D eigenvalue weighted by Gasteiger charge is -2.16. The molecule has 1 aromatic carbocycles. The van der Waals surface area contributed by atoms with E-state index in [1.54, 1.807) is 18.2 Å². The molecule has 1 saturated heterocycles. The first-order valence-electron chi connectivity index (χ1n) is 7.73. The minimum Gasteiger partial charge on any atom is -0.466 e. The number of benzene rings is 1. The summed E-state index contributed by atoms with van der Waals surface area (Å²) in [5.74, 6) is -0.719. The zero-order valence-corrected chi connectivity index (χ0v) is 16.3. The van der Waals surface area contributed by atoms with Crippen molar-refractivity contribution in [2.24, 2.45) is 0 Å². The molecule has 1 aromatic rings. The van der Waals surface area contributed by atoms with Crippen molar-refractivity contribution in [3.05, 3.63) is 44.9 Å². The Morgan fingerprint density at radius 2 is 2.08 bits per heavy atom. The van der Waals surface area contributed by atoms with Crippen molar-refractivity contribution in [3.8, 4) is 0 Å². The lowest BCUT2D eigenvalue weighted by molar-refractivity contribution is -0.143. The fourth-order valence-corrected chi connectivity index (χ4v) is 3.48. The highest BCUT2D eigenvalue weighted by atomic mass is 35.5. The molecule has 6 nitrogen and oxygen atoms in total. The molecule has 0 aromatic heterocycles. The number of amides is 1. The second kappa shape index (κ2) is 9.85. The van der Waals surface area contributed by atoms with Gasteiger partial charge in [0, 0.05) is 6.54 Å². The van der Waals surface area contributed by atoms with Gasteiger partial charge in [-0.15, -0.1) is 0 Å². The number of hydrogen-bond donors (Lipinski definition) is 0. The molecule has 2 rings (SSSR count). The third kappa shape index (κ3) is 5.93. The average molecular weight is 418 g/mol. The summed E-state index contributed by atoms with van der Waals surface area (Å²) in [4.78, 5) is 36.5. The molecule has 0 N–H and O–H groups in total. The summed E-state index contributed by atoms with van der Waals surface area (Å²) in [7, 11) is 1.28. The molecule has 1 fully saturated rings. The Balaban J connectivity index is 1.77. The molecule has 0 radical (unpaired) electrons. The quantitative estimate of drug-likeness (QED) is 0.385. The predicted molar refractivity (Wildman–Crippen MR) is 100 cm³/mol. The highest BCUT2D eigenvalue weighted by molar-refractivity contribution is 8.04. The maximum atomic E-state index is 11.9. The SMILES string of the molecule is COC(=O)/C=C1/SCC(=O)N1CCCOC(=O)Cc1ccc(Cl)c(Cl)c1.